The van der Waals surface area contributed by atoms with Gasteiger partial charge in [0.1, 0.15) is 0 Å². The fraction of sp³-hybridized carbons (Fsp3) is 0.500. The zero-order valence-electron chi connectivity index (χ0n) is 9.64. The normalized spacial score (nSPS) is 10.1. The maximum Gasteiger partial charge on any atom is 0.289 e. The molecule has 0 aliphatic carbocycles. The Morgan fingerprint density at radius 2 is 2.38 bits per heavy atom. The molecule has 16 heavy (non-hydrogen) atoms. The molecule has 1 rings (SSSR count). The molecule has 0 saturated carbocycles. The minimum Gasteiger partial charge on any atom is -0.459 e. The van der Waals surface area contributed by atoms with E-state index >= 15 is 0 Å². The fourth-order valence-corrected chi connectivity index (χ4v) is 1.46. The number of carbonyl (C=O) groups excluding carboxylic acids is 1. The van der Waals surface area contributed by atoms with E-state index in [-0.39, 0.29) is 5.91 Å². The zero-order chi connectivity index (χ0) is 12.0. The van der Waals surface area contributed by atoms with Gasteiger partial charge >= 0.3 is 0 Å². The van der Waals surface area contributed by atoms with Crippen molar-refractivity contribution in [2.45, 2.75) is 20.3 Å². The van der Waals surface area contributed by atoms with Gasteiger partial charge in [-0.15, -0.1) is 0 Å². The quantitative estimate of drug-likeness (QED) is 0.765. The lowest BCUT2D eigenvalue weighted by atomic mass is 10.2. The van der Waals surface area contributed by atoms with Crippen molar-refractivity contribution in [3.63, 3.8) is 0 Å². The molecule has 0 unspecified atom stereocenters. The Balaban J connectivity index is 2.68. The van der Waals surface area contributed by atoms with Crippen LogP contribution in [0, 0.1) is 17.2 Å². The first-order valence-corrected chi connectivity index (χ1v) is 5.35. The molecule has 1 aromatic heterocycles. The SMILES string of the molecule is CC(C)CN(CCC#N)C(=O)c1ccco1. The largest absolute Gasteiger partial charge is 0.459 e. The summed E-state index contributed by atoms with van der Waals surface area (Å²) in [6, 6.07) is 5.37. The summed E-state index contributed by atoms with van der Waals surface area (Å²) >= 11 is 0. The van der Waals surface area contributed by atoms with Crippen molar-refractivity contribution in [1.29, 1.82) is 5.26 Å². The third-order valence-corrected chi connectivity index (χ3v) is 2.10. The van der Waals surface area contributed by atoms with Crippen molar-refractivity contribution in [3.05, 3.63) is 24.2 Å². The van der Waals surface area contributed by atoms with Crippen LogP contribution in [-0.4, -0.2) is 23.9 Å². The number of amides is 1. The van der Waals surface area contributed by atoms with Gasteiger partial charge in [-0.2, -0.15) is 5.26 Å². The molecule has 0 aromatic carbocycles. The van der Waals surface area contributed by atoms with Crippen molar-refractivity contribution in [2.75, 3.05) is 13.1 Å². The van der Waals surface area contributed by atoms with E-state index in [2.05, 4.69) is 0 Å². The highest BCUT2D eigenvalue weighted by Gasteiger charge is 2.18. The second-order valence-corrected chi connectivity index (χ2v) is 4.03. The van der Waals surface area contributed by atoms with Crippen LogP contribution in [0.1, 0.15) is 30.8 Å². The Morgan fingerprint density at radius 3 is 2.88 bits per heavy atom. The molecule has 1 amide bonds. The van der Waals surface area contributed by atoms with Gasteiger partial charge in [0.15, 0.2) is 5.76 Å². The molecule has 1 aromatic rings. The number of furan rings is 1. The van der Waals surface area contributed by atoms with E-state index in [9.17, 15) is 4.79 Å². The molecule has 0 fully saturated rings. The monoisotopic (exact) mass is 220 g/mol. The first-order chi connectivity index (χ1) is 7.65. The maximum atomic E-state index is 12.0. The van der Waals surface area contributed by atoms with Gasteiger partial charge in [0.25, 0.3) is 5.91 Å². The molecule has 0 aliphatic heterocycles. The molecule has 1 heterocycles. The highest BCUT2D eigenvalue weighted by Crippen LogP contribution is 2.08. The molecule has 0 N–H and O–H groups in total. The lowest BCUT2D eigenvalue weighted by molar-refractivity contribution is 0.0708. The predicted octanol–water partition coefficient (Wildman–Crippen LogP) is 2.29. The van der Waals surface area contributed by atoms with Crippen LogP contribution in [-0.2, 0) is 0 Å². The minimum absolute atomic E-state index is 0.144. The molecular formula is C12H16N2O2. The Kier molecular flexibility index (Phi) is 4.59. The van der Waals surface area contributed by atoms with E-state index in [1.807, 2.05) is 19.9 Å². The summed E-state index contributed by atoms with van der Waals surface area (Å²) in [6.45, 7) is 5.17. The van der Waals surface area contributed by atoms with Crippen LogP contribution in [0.15, 0.2) is 22.8 Å². The lowest BCUT2D eigenvalue weighted by Gasteiger charge is -2.22. The van der Waals surface area contributed by atoms with Gasteiger partial charge in [-0.1, -0.05) is 13.8 Å². The van der Waals surface area contributed by atoms with Gasteiger partial charge in [0.2, 0.25) is 0 Å². The minimum atomic E-state index is -0.144. The van der Waals surface area contributed by atoms with Crippen LogP contribution in [0.2, 0.25) is 0 Å². The van der Waals surface area contributed by atoms with Gasteiger partial charge in [0.05, 0.1) is 18.8 Å². The predicted molar refractivity (Wildman–Crippen MR) is 59.7 cm³/mol. The van der Waals surface area contributed by atoms with E-state index in [0.717, 1.165) is 0 Å². The van der Waals surface area contributed by atoms with Gasteiger partial charge in [-0.3, -0.25) is 4.79 Å². The fourth-order valence-electron chi connectivity index (χ4n) is 1.46. The van der Waals surface area contributed by atoms with E-state index < -0.39 is 0 Å². The molecule has 86 valence electrons. The molecule has 0 saturated heterocycles. The topological polar surface area (TPSA) is 57.2 Å². The van der Waals surface area contributed by atoms with Crippen LogP contribution in [0.3, 0.4) is 0 Å². The van der Waals surface area contributed by atoms with Crippen LogP contribution >= 0.6 is 0 Å². The average Bonchev–Trinajstić information content (AvgIpc) is 2.76. The third-order valence-electron chi connectivity index (χ3n) is 2.10. The smallest absolute Gasteiger partial charge is 0.289 e. The molecule has 0 bridgehead atoms. The molecular weight excluding hydrogens is 204 g/mol. The van der Waals surface area contributed by atoms with E-state index in [0.29, 0.717) is 31.2 Å². The van der Waals surface area contributed by atoms with Crippen molar-refractivity contribution in [2.24, 2.45) is 5.92 Å². The molecule has 0 spiro atoms. The Labute approximate surface area is 95.5 Å². The standard InChI is InChI=1S/C12H16N2O2/c1-10(2)9-14(7-4-6-13)12(15)11-5-3-8-16-11/h3,5,8,10H,4,7,9H2,1-2H3. The van der Waals surface area contributed by atoms with E-state index in [1.54, 1.807) is 17.0 Å². The van der Waals surface area contributed by atoms with Crippen LogP contribution in [0.25, 0.3) is 0 Å². The van der Waals surface area contributed by atoms with Gasteiger partial charge in [-0.05, 0) is 18.1 Å². The van der Waals surface area contributed by atoms with Gasteiger partial charge in [-0.25, -0.2) is 0 Å². The molecule has 0 atom stereocenters. The molecule has 4 nitrogen and oxygen atoms in total. The number of carbonyl (C=O) groups is 1. The number of hydrogen-bond acceptors (Lipinski definition) is 3. The summed E-state index contributed by atoms with van der Waals surface area (Å²) < 4.78 is 5.06. The van der Waals surface area contributed by atoms with Gasteiger partial charge in [0, 0.05) is 13.1 Å². The highest BCUT2D eigenvalue weighted by molar-refractivity contribution is 5.91. The maximum absolute atomic E-state index is 12.0. The number of hydrogen-bond donors (Lipinski definition) is 0. The first kappa shape index (κ1) is 12.3. The summed E-state index contributed by atoms with van der Waals surface area (Å²) in [4.78, 5) is 13.6. The summed E-state index contributed by atoms with van der Waals surface area (Å²) in [5, 5.41) is 8.55. The zero-order valence-corrected chi connectivity index (χ0v) is 9.64. The Bertz CT molecular complexity index is 363. The Morgan fingerprint density at radius 1 is 1.62 bits per heavy atom. The second-order valence-electron chi connectivity index (χ2n) is 4.03. The first-order valence-electron chi connectivity index (χ1n) is 5.35. The van der Waals surface area contributed by atoms with Crippen LogP contribution in [0.5, 0.6) is 0 Å². The van der Waals surface area contributed by atoms with Gasteiger partial charge < -0.3 is 9.32 Å². The average molecular weight is 220 g/mol. The third kappa shape index (κ3) is 3.43. The summed E-state index contributed by atoms with van der Waals surface area (Å²) in [5.41, 5.74) is 0. The molecule has 4 heteroatoms. The van der Waals surface area contributed by atoms with Crippen LogP contribution in [0.4, 0.5) is 0 Å². The van der Waals surface area contributed by atoms with Crippen LogP contribution < -0.4 is 0 Å². The second kappa shape index (κ2) is 5.96. The molecule has 0 aliphatic rings. The number of nitriles is 1. The number of nitrogens with zero attached hydrogens (tertiary/aromatic N) is 2. The summed E-state index contributed by atoms with van der Waals surface area (Å²) in [5.74, 6) is 0.560. The lowest BCUT2D eigenvalue weighted by Crippen LogP contribution is -2.34. The van der Waals surface area contributed by atoms with Crippen molar-refractivity contribution < 1.29 is 9.21 Å². The summed E-state index contributed by atoms with van der Waals surface area (Å²) in [7, 11) is 0. The highest BCUT2D eigenvalue weighted by atomic mass is 16.3. The molecule has 0 radical (unpaired) electrons. The Hall–Kier alpha value is -1.76. The van der Waals surface area contributed by atoms with E-state index in [4.69, 9.17) is 9.68 Å². The summed E-state index contributed by atoms with van der Waals surface area (Å²) in [6.07, 6.45) is 1.82. The van der Waals surface area contributed by atoms with Crippen molar-refractivity contribution in [1.82, 2.24) is 4.90 Å². The van der Waals surface area contributed by atoms with Crippen molar-refractivity contribution in [3.8, 4) is 6.07 Å². The van der Waals surface area contributed by atoms with E-state index in [1.165, 1.54) is 6.26 Å². The number of rotatable bonds is 5. The van der Waals surface area contributed by atoms with Crippen molar-refractivity contribution >= 4 is 5.91 Å².